The predicted molar refractivity (Wildman–Crippen MR) is 105 cm³/mol. The molecule has 134 valence electrons. The lowest BCUT2D eigenvalue weighted by atomic mass is 9.70. The van der Waals surface area contributed by atoms with Gasteiger partial charge >= 0.3 is 0 Å². The summed E-state index contributed by atoms with van der Waals surface area (Å²) in [7, 11) is 0. The molecule has 4 rings (SSSR count). The summed E-state index contributed by atoms with van der Waals surface area (Å²) < 4.78 is 0. The fourth-order valence-electron chi connectivity index (χ4n) is 4.45. The Bertz CT molecular complexity index is 958. The first-order valence-corrected chi connectivity index (χ1v) is 10.0. The highest BCUT2D eigenvalue weighted by atomic mass is 35.5. The van der Waals surface area contributed by atoms with E-state index in [1.165, 1.54) is 17.4 Å². The van der Waals surface area contributed by atoms with Crippen LogP contribution in [0.1, 0.15) is 44.1 Å². The van der Waals surface area contributed by atoms with Crippen LogP contribution < -0.4 is 0 Å². The second-order valence-corrected chi connectivity index (χ2v) is 9.28. The Morgan fingerprint density at radius 1 is 1.35 bits per heavy atom. The van der Waals surface area contributed by atoms with Gasteiger partial charge in [0, 0.05) is 27.0 Å². The van der Waals surface area contributed by atoms with Crippen molar-refractivity contribution in [3.63, 3.8) is 0 Å². The second-order valence-electron chi connectivity index (χ2n) is 7.99. The van der Waals surface area contributed by atoms with Crippen molar-refractivity contribution in [3.8, 4) is 10.6 Å². The fourth-order valence-corrected chi connectivity index (χ4v) is 5.45. The Hall–Kier alpha value is -1.78. The molecule has 2 aliphatic rings. The molecule has 0 N–H and O–H groups in total. The number of hydrogen-bond acceptors (Lipinski definition) is 4. The third-order valence-corrected chi connectivity index (χ3v) is 7.61. The van der Waals surface area contributed by atoms with Crippen molar-refractivity contribution in [1.29, 1.82) is 0 Å². The number of hydrogen-bond donors (Lipinski definition) is 0. The number of benzene rings is 1. The van der Waals surface area contributed by atoms with E-state index in [0.717, 1.165) is 23.4 Å². The molecule has 5 heteroatoms. The van der Waals surface area contributed by atoms with Gasteiger partial charge in [0.2, 0.25) is 5.78 Å². The van der Waals surface area contributed by atoms with Crippen LogP contribution in [-0.4, -0.2) is 16.6 Å². The number of Topliss-reactive ketones (excluding diaryl/α,β-unsaturated/α-hetero) is 1. The molecule has 2 saturated carbocycles. The van der Waals surface area contributed by atoms with E-state index in [9.17, 15) is 9.59 Å². The van der Waals surface area contributed by atoms with Gasteiger partial charge in [-0.1, -0.05) is 44.5 Å². The number of allylic oxidation sites excluding steroid dienone is 2. The summed E-state index contributed by atoms with van der Waals surface area (Å²) in [6.45, 7) is 6.34. The third kappa shape index (κ3) is 2.43. The maximum atomic E-state index is 12.9. The van der Waals surface area contributed by atoms with Crippen LogP contribution in [0.4, 0.5) is 0 Å². The number of thiazole rings is 1. The van der Waals surface area contributed by atoms with Crippen LogP contribution in [-0.2, 0) is 4.79 Å². The molecule has 26 heavy (non-hydrogen) atoms. The highest BCUT2D eigenvalue weighted by Crippen LogP contribution is 2.65. The zero-order valence-corrected chi connectivity index (χ0v) is 16.6. The molecular formula is C21H20ClNO2S. The minimum Gasteiger partial charge on any atom is -0.294 e. The van der Waals surface area contributed by atoms with Gasteiger partial charge in [-0.05, 0) is 42.4 Å². The van der Waals surface area contributed by atoms with Gasteiger partial charge in [-0.2, -0.15) is 0 Å². The van der Waals surface area contributed by atoms with Gasteiger partial charge in [0.1, 0.15) is 10.7 Å². The number of ketones is 2. The number of carbonyl (C=O) groups excluding carboxylic acids is 2. The lowest BCUT2D eigenvalue weighted by Crippen LogP contribution is -2.32. The molecule has 1 aromatic carbocycles. The lowest BCUT2D eigenvalue weighted by Gasteiger charge is -2.31. The van der Waals surface area contributed by atoms with Crippen molar-refractivity contribution in [2.45, 2.75) is 33.6 Å². The van der Waals surface area contributed by atoms with Crippen molar-refractivity contribution in [1.82, 2.24) is 4.98 Å². The van der Waals surface area contributed by atoms with E-state index in [1.807, 2.05) is 25.1 Å². The van der Waals surface area contributed by atoms with Crippen molar-refractivity contribution < 1.29 is 9.59 Å². The molecule has 0 radical (unpaired) electrons. The number of nitrogens with zero attached hydrogens (tertiary/aromatic N) is 1. The van der Waals surface area contributed by atoms with Gasteiger partial charge in [-0.25, -0.2) is 4.98 Å². The molecule has 1 heterocycles. The molecule has 0 amide bonds. The molecule has 0 spiro atoms. The van der Waals surface area contributed by atoms with E-state index < -0.39 is 0 Å². The minimum atomic E-state index is -0.349. The van der Waals surface area contributed by atoms with Crippen LogP contribution in [0.25, 0.3) is 10.6 Å². The fraction of sp³-hybridized carbons (Fsp3) is 0.381. The molecule has 1 aromatic heterocycles. The van der Waals surface area contributed by atoms with Gasteiger partial charge in [-0.15, -0.1) is 11.3 Å². The third-order valence-electron chi connectivity index (χ3n) is 6.48. The standard InChI is InChI=1S/C21H20ClNO2S/c1-20(2)15-7-8-21(20,3)18(25)14(15)10-17(24)16-11-26-19(23-16)12-5-4-6-13(22)9-12/h4-6,9-11,15H,7-8H2,1-3H3/b14-10+/t15-,21+/m0/s1. The van der Waals surface area contributed by atoms with Crippen molar-refractivity contribution in [2.24, 2.45) is 16.7 Å². The number of fused-ring (bicyclic) bond motifs is 2. The molecule has 2 fully saturated rings. The summed E-state index contributed by atoms with van der Waals surface area (Å²) in [5.74, 6) is 0.109. The van der Waals surface area contributed by atoms with E-state index in [-0.39, 0.29) is 28.3 Å². The Kier molecular flexibility index (Phi) is 3.97. The Balaban J connectivity index is 1.64. The predicted octanol–water partition coefficient (Wildman–Crippen LogP) is 5.60. The molecule has 0 saturated heterocycles. The summed E-state index contributed by atoms with van der Waals surface area (Å²) in [6, 6.07) is 7.41. The highest BCUT2D eigenvalue weighted by molar-refractivity contribution is 7.13. The van der Waals surface area contributed by atoms with Gasteiger partial charge in [-0.3, -0.25) is 9.59 Å². The average Bonchev–Trinajstić information content (AvgIpc) is 3.20. The van der Waals surface area contributed by atoms with Crippen molar-refractivity contribution >= 4 is 34.5 Å². The smallest absolute Gasteiger partial charge is 0.205 e. The number of carbonyl (C=O) groups is 2. The maximum Gasteiger partial charge on any atom is 0.205 e. The monoisotopic (exact) mass is 385 g/mol. The van der Waals surface area contributed by atoms with E-state index >= 15 is 0 Å². The van der Waals surface area contributed by atoms with Gasteiger partial charge in [0.25, 0.3) is 0 Å². The topological polar surface area (TPSA) is 47.0 Å². The summed E-state index contributed by atoms with van der Waals surface area (Å²) in [5, 5.41) is 3.14. The lowest BCUT2D eigenvalue weighted by molar-refractivity contribution is -0.125. The molecule has 2 atom stereocenters. The zero-order valence-electron chi connectivity index (χ0n) is 15.0. The van der Waals surface area contributed by atoms with Crippen molar-refractivity contribution in [2.75, 3.05) is 0 Å². The van der Waals surface area contributed by atoms with E-state index in [4.69, 9.17) is 11.6 Å². The van der Waals surface area contributed by atoms with Crippen LogP contribution in [0.2, 0.25) is 5.02 Å². The normalized spacial score (nSPS) is 28.1. The largest absolute Gasteiger partial charge is 0.294 e. The van der Waals surface area contributed by atoms with E-state index in [2.05, 4.69) is 18.8 Å². The Morgan fingerprint density at radius 3 is 2.77 bits per heavy atom. The second kappa shape index (κ2) is 5.86. The van der Waals surface area contributed by atoms with Crippen LogP contribution in [0, 0.1) is 16.7 Å². The average molecular weight is 386 g/mol. The molecule has 2 bridgehead atoms. The molecule has 2 aliphatic carbocycles. The van der Waals surface area contributed by atoms with Crippen LogP contribution in [0.5, 0.6) is 0 Å². The molecule has 0 aliphatic heterocycles. The summed E-state index contributed by atoms with van der Waals surface area (Å²) in [5.41, 5.74) is 1.52. The van der Waals surface area contributed by atoms with E-state index in [0.29, 0.717) is 16.3 Å². The quantitative estimate of drug-likeness (QED) is 0.510. The number of aromatic nitrogens is 1. The SMILES string of the molecule is CC1(C)[C@H]2CC[C@]1(C)C(=O)/C2=C/C(=O)c1csc(-c2cccc(Cl)c2)n1. The number of halogens is 1. The molecule has 2 aromatic rings. The highest BCUT2D eigenvalue weighted by Gasteiger charge is 2.64. The summed E-state index contributed by atoms with van der Waals surface area (Å²) >= 11 is 7.44. The Labute approximate surface area is 162 Å². The Morgan fingerprint density at radius 2 is 2.12 bits per heavy atom. The van der Waals surface area contributed by atoms with Crippen LogP contribution in [0.3, 0.4) is 0 Å². The first-order valence-electron chi connectivity index (χ1n) is 8.76. The zero-order chi connectivity index (χ0) is 18.7. The van der Waals surface area contributed by atoms with Gasteiger partial charge < -0.3 is 0 Å². The van der Waals surface area contributed by atoms with Gasteiger partial charge in [0.05, 0.1) is 0 Å². The van der Waals surface area contributed by atoms with Gasteiger partial charge in [0.15, 0.2) is 5.78 Å². The van der Waals surface area contributed by atoms with E-state index in [1.54, 1.807) is 11.4 Å². The van der Waals surface area contributed by atoms with Crippen LogP contribution in [0.15, 0.2) is 41.3 Å². The minimum absolute atomic E-state index is 0.0930. The first kappa shape index (κ1) is 17.6. The summed E-state index contributed by atoms with van der Waals surface area (Å²) in [4.78, 5) is 30.1. The molecular weight excluding hydrogens is 366 g/mol. The summed E-state index contributed by atoms with van der Waals surface area (Å²) in [6.07, 6.45) is 3.42. The maximum absolute atomic E-state index is 12.9. The van der Waals surface area contributed by atoms with Crippen molar-refractivity contribution in [3.05, 3.63) is 52.0 Å². The molecule has 3 nitrogen and oxygen atoms in total. The molecule has 0 unspecified atom stereocenters. The van der Waals surface area contributed by atoms with Crippen LogP contribution >= 0.6 is 22.9 Å². The first-order chi connectivity index (χ1) is 12.2. The number of rotatable bonds is 3.